The molecule has 4 rings (SSSR count). The first kappa shape index (κ1) is 31.9. The zero-order chi connectivity index (χ0) is 30.7. The van der Waals surface area contributed by atoms with Crippen molar-refractivity contribution in [2.75, 3.05) is 26.4 Å². The fraction of sp³-hybridized carbons (Fsp3) is 0.382. The summed E-state index contributed by atoms with van der Waals surface area (Å²) in [4.78, 5) is 30.9. The number of amides is 1. The molecule has 2 aromatic carbocycles. The van der Waals surface area contributed by atoms with Crippen LogP contribution < -0.4 is 5.32 Å². The molecule has 3 aromatic rings. The lowest BCUT2D eigenvalue weighted by molar-refractivity contribution is -0.339. The first-order valence-corrected chi connectivity index (χ1v) is 14.6. The number of aromatic nitrogens is 1. The van der Waals surface area contributed by atoms with Gasteiger partial charge in [-0.2, -0.15) is 0 Å². The first-order valence-electron chi connectivity index (χ1n) is 14.6. The van der Waals surface area contributed by atoms with Crippen LogP contribution in [0.1, 0.15) is 50.9 Å². The van der Waals surface area contributed by atoms with Crippen LogP contribution in [0.4, 0.5) is 0 Å². The van der Waals surface area contributed by atoms with Gasteiger partial charge in [-0.05, 0) is 56.9 Å². The number of nitrogens with one attached hydrogen (secondary N) is 1. The van der Waals surface area contributed by atoms with Crippen LogP contribution >= 0.6 is 0 Å². The Bertz CT molecular complexity index is 1490. The van der Waals surface area contributed by atoms with Gasteiger partial charge in [-0.1, -0.05) is 55.5 Å². The molecule has 1 aromatic heterocycles. The Balaban J connectivity index is 1.59. The van der Waals surface area contributed by atoms with Crippen LogP contribution in [0.5, 0.6) is 0 Å². The van der Waals surface area contributed by atoms with E-state index in [9.17, 15) is 9.59 Å². The number of para-hydroxylation sites is 1. The minimum Gasteiger partial charge on any atom is -0.458 e. The molecule has 0 aliphatic carbocycles. The van der Waals surface area contributed by atoms with Crippen molar-refractivity contribution in [2.45, 2.75) is 58.8 Å². The molecule has 226 valence electrons. The number of ether oxygens (including phenoxy) is 5. The van der Waals surface area contributed by atoms with E-state index in [1.54, 1.807) is 6.08 Å². The highest BCUT2D eigenvalue weighted by atomic mass is 16.9. The number of carbonyl (C=O) groups is 2. The van der Waals surface area contributed by atoms with Gasteiger partial charge in [-0.25, -0.2) is 9.78 Å². The van der Waals surface area contributed by atoms with Crippen LogP contribution in [0.25, 0.3) is 10.9 Å². The third-order valence-corrected chi connectivity index (χ3v) is 6.85. The number of fused-ring (bicyclic) bond motifs is 1. The van der Waals surface area contributed by atoms with Crippen LogP contribution in [-0.2, 0) is 46.4 Å². The second-order valence-corrected chi connectivity index (χ2v) is 9.74. The van der Waals surface area contributed by atoms with E-state index in [2.05, 4.69) is 17.2 Å². The highest BCUT2D eigenvalue weighted by Crippen LogP contribution is 2.28. The lowest BCUT2D eigenvalue weighted by atomic mass is 9.94. The molecular formula is C34H38N2O7. The summed E-state index contributed by atoms with van der Waals surface area (Å²) < 4.78 is 28.7. The molecule has 1 atom stereocenters. The van der Waals surface area contributed by atoms with Crippen LogP contribution in [0.3, 0.4) is 0 Å². The summed E-state index contributed by atoms with van der Waals surface area (Å²) in [5, 5.41) is 3.84. The number of benzene rings is 2. The SMILES string of the molecule is CCOC(C#Cc1nc2ccccc2cc1CNC(=O)C1=CC(CC)(OCc2ccccc2)C(=O)OC1)(OCC)OCC. The number of pyridine rings is 1. The highest BCUT2D eigenvalue weighted by molar-refractivity contribution is 5.97. The summed E-state index contributed by atoms with van der Waals surface area (Å²) in [7, 11) is 0. The van der Waals surface area contributed by atoms with Gasteiger partial charge >= 0.3 is 11.9 Å². The second-order valence-electron chi connectivity index (χ2n) is 9.74. The molecule has 1 amide bonds. The Morgan fingerprint density at radius 3 is 2.35 bits per heavy atom. The van der Waals surface area contributed by atoms with Crippen molar-refractivity contribution < 1.29 is 33.3 Å². The van der Waals surface area contributed by atoms with Crippen LogP contribution in [0.15, 0.2) is 72.3 Å². The van der Waals surface area contributed by atoms with E-state index < -0.39 is 17.5 Å². The van der Waals surface area contributed by atoms with Crippen molar-refractivity contribution in [1.82, 2.24) is 10.3 Å². The molecule has 1 unspecified atom stereocenters. The maximum atomic E-state index is 13.4. The molecule has 9 heteroatoms. The van der Waals surface area contributed by atoms with Gasteiger partial charge < -0.3 is 29.0 Å². The molecule has 9 nitrogen and oxygen atoms in total. The minimum absolute atomic E-state index is 0.126. The van der Waals surface area contributed by atoms with Gasteiger partial charge in [-0.15, -0.1) is 0 Å². The minimum atomic E-state index is -1.54. The van der Waals surface area contributed by atoms with E-state index in [1.165, 1.54) is 0 Å². The summed E-state index contributed by atoms with van der Waals surface area (Å²) in [5.41, 5.74) is 1.74. The lowest BCUT2D eigenvalue weighted by Crippen LogP contribution is -2.46. The molecular weight excluding hydrogens is 548 g/mol. The van der Waals surface area contributed by atoms with E-state index >= 15 is 0 Å². The third kappa shape index (κ3) is 7.86. The molecule has 0 radical (unpaired) electrons. The van der Waals surface area contributed by atoms with Gasteiger partial charge in [0.05, 0.1) is 37.5 Å². The topological polar surface area (TPSA) is 105 Å². The Labute approximate surface area is 252 Å². The number of nitrogens with zero attached hydrogens (tertiary/aromatic N) is 1. The molecule has 0 saturated carbocycles. The Morgan fingerprint density at radius 1 is 1.00 bits per heavy atom. The molecule has 43 heavy (non-hydrogen) atoms. The number of hydrogen-bond donors (Lipinski definition) is 1. The van der Waals surface area contributed by atoms with Crippen LogP contribution in [0.2, 0.25) is 0 Å². The predicted octanol–water partition coefficient (Wildman–Crippen LogP) is 4.81. The van der Waals surface area contributed by atoms with E-state index in [-0.39, 0.29) is 25.7 Å². The second kappa shape index (κ2) is 14.9. The monoisotopic (exact) mass is 586 g/mol. The average molecular weight is 587 g/mol. The Morgan fingerprint density at radius 2 is 1.67 bits per heavy atom. The maximum absolute atomic E-state index is 13.4. The molecule has 0 fully saturated rings. The fourth-order valence-electron chi connectivity index (χ4n) is 4.64. The standard InChI is InChI=1S/C34H38N2O7/c1-5-33(43-23-25-14-10-9-11-15-25)21-28(24-39-32(33)38)31(37)35-22-27-20-26-16-12-13-17-29(26)36-30(27)18-19-34(40-6-2,41-7-3)42-8-4/h9-17,20-21H,5-8,22-24H2,1-4H3,(H,35,37). The molecule has 1 N–H and O–H groups in total. The molecule has 0 saturated heterocycles. The quantitative estimate of drug-likeness (QED) is 0.173. The lowest BCUT2D eigenvalue weighted by Gasteiger charge is -2.32. The normalized spacial score (nSPS) is 16.7. The number of carbonyl (C=O) groups excluding carboxylic acids is 2. The van der Waals surface area contributed by atoms with Gasteiger partial charge in [0.15, 0.2) is 5.60 Å². The number of esters is 1. The predicted molar refractivity (Wildman–Crippen MR) is 161 cm³/mol. The zero-order valence-corrected chi connectivity index (χ0v) is 25.1. The molecule has 2 heterocycles. The highest BCUT2D eigenvalue weighted by Gasteiger charge is 2.42. The first-order chi connectivity index (χ1) is 20.9. The van der Waals surface area contributed by atoms with E-state index in [0.717, 1.165) is 16.5 Å². The van der Waals surface area contributed by atoms with Crippen molar-refractivity contribution >= 4 is 22.8 Å². The van der Waals surface area contributed by atoms with Gasteiger partial charge in [0, 0.05) is 23.4 Å². The van der Waals surface area contributed by atoms with Crippen molar-refractivity contribution in [3.8, 4) is 11.8 Å². The summed E-state index contributed by atoms with van der Waals surface area (Å²) >= 11 is 0. The maximum Gasteiger partial charge on any atom is 0.353 e. The smallest absolute Gasteiger partial charge is 0.353 e. The molecule has 1 aliphatic heterocycles. The number of cyclic esters (lactones) is 1. The number of rotatable bonds is 13. The van der Waals surface area contributed by atoms with E-state index in [0.29, 0.717) is 43.1 Å². The van der Waals surface area contributed by atoms with E-state index in [4.69, 9.17) is 28.7 Å². The van der Waals surface area contributed by atoms with Crippen molar-refractivity contribution in [3.05, 3.63) is 89.1 Å². The fourth-order valence-corrected chi connectivity index (χ4v) is 4.64. The zero-order valence-electron chi connectivity index (χ0n) is 25.1. The van der Waals surface area contributed by atoms with E-state index in [1.807, 2.05) is 88.4 Å². The van der Waals surface area contributed by atoms with Gasteiger partial charge in [0.25, 0.3) is 5.91 Å². The molecule has 0 spiro atoms. The molecule has 1 aliphatic rings. The summed E-state index contributed by atoms with van der Waals surface area (Å²) in [6.45, 7) is 8.49. The van der Waals surface area contributed by atoms with Crippen LogP contribution in [-0.4, -0.2) is 54.9 Å². The van der Waals surface area contributed by atoms with Crippen molar-refractivity contribution in [1.29, 1.82) is 0 Å². The van der Waals surface area contributed by atoms with Gasteiger partial charge in [0.2, 0.25) is 0 Å². The Kier molecular flexibility index (Phi) is 11.0. The third-order valence-electron chi connectivity index (χ3n) is 6.85. The molecule has 0 bridgehead atoms. The van der Waals surface area contributed by atoms with Gasteiger partial charge in [0.1, 0.15) is 12.3 Å². The van der Waals surface area contributed by atoms with Gasteiger partial charge in [-0.3, -0.25) is 4.79 Å². The summed E-state index contributed by atoms with van der Waals surface area (Å²) in [6, 6.07) is 19.1. The van der Waals surface area contributed by atoms with Crippen LogP contribution in [0, 0.1) is 11.8 Å². The summed E-state index contributed by atoms with van der Waals surface area (Å²) in [6.07, 6.45) is 1.89. The summed E-state index contributed by atoms with van der Waals surface area (Å²) in [5.74, 6) is 3.62. The largest absolute Gasteiger partial charge is 0.458 e. The average Bonchev–Trinajstić information content (AvgIpc) is 3.03. The van der Waals surface area contributed by atoms with Crippen molar-refractivity contribution in [3.63, 3.8) is 0 Å². The number of hydrogen-bond acceptors (Lipinski definition) is 8. The van der Waals surface area contributed by atoms with Crippen molar-refractivity contribution in [2.24, 2.45) is 0 Å². The Hall–Kier alpha value is -4.07.